The standard InChI is InChI=1S/C19H16BrN3O2S2/c1-12-21-14(10-26-12)11-27-15-8-6-13(7-9-15)18(24)22-23-19(25)16-4-2-3-5-17(16)20/h2-10H,11H2,1H3,(H,22,24)(H,23,25). The molecule has 3 rings (SSSR count). The lowest BCUT2D eigenvalue weighted by molar-refractivity contribution is 0.0846. The Balaban J connectivity index is 1.52. The number of halogens is 1. The summed E-state index contributed by atoms with van der Waals surface area (Å²) in [5, 5.41) is 3.11. The highest BCUT2D eigenvalue weighted by molar-refractivity contribution is 9.10. The van der Waals surface area contributed by atoms with Crippen molar-refractivity contribution in [3.8, 4) is 0 Å². The minimum absolute atomic E-state index is 0.373. The van der Waals surface area contributed by atoms with Gasteiger partial charge in [-0.2, -0.15) is 0 Å². The number of hydrogen-bond acceptors (Lipinski definition) is 5. The number of hydrogen-bond donors (Lipinski definition) is 2. The Morgan fingerprint density at radius 3 is 2.44 bits per heavy atom. The van der Waals surface area contributed by atoms with E-state index in [0.29, 0.717) is 15.6 Å². The zero-order valence-electron chi connectivity index (χ0n) is 14.4. The van der Waals surface area contributed by atoms with Crippen LogP contribution in [0.15, 0.2) is 63.3 Å². The zero-order chi connectivity index (χ0) is 19.2. The fraction of sp³-hybridized carbons (Fsp3) is 0.105. The third-order valence-electron chi connectivity index (χ3n) is 3.58. The summed E-state index contributed by atoms with van der Waals surface area (Å²) in [6, 6.07) is 14.2. The van der Waals surface area contributed by atoms with Crippen LogP contribution in [-0.4, -0.2) is 16.8 Å². The van der Waals surface area contributed by atoms with Gasteiger partial charge in [-0.15, -0.1) is 23.1 Å². The monoisotopic (exact) mass is 461 g/mol. The molecule has 0 aliphatic heterocycles. The maximum Gasteiger partial charge on any atom is 0.270 e. The summed E-state index contributed by atoms with van der Waals surface area (Å²) >= 11 is 6.61. The number of nitrogens with zero attached hydrogens (tertiary/aromatic N) is 1. The lowest BCUT2D eigenvalue weighted by atomic mass is 10.2. The van der Waals surface area contributed by atoms with Crippen molar-refractivity contribution < 1.29 is 9.59 Å². The van der Waals surface area contributed by atoms with Crippen LogP contribution in [0.3, 0.4) is 0 Å². The molecule has 2 N–H and O–H groups in total. The molecule has 1 aromatic heterocycles. The van der Waals surface area contributed by atoms with E-state index in [2.05, 4.69) is 37.1 Å². The predicted octanol–water partition coefficient (Wildman–Crippen LogP) is 4.58. The smallest absolute Gasteiger partial charge is 0.267 e. The molecule has 0 aliphatic rings. The molecule has 0 aliphatic carbocycles. The first kappa shape index (κ1) is 19.6. The molecule has 0 bridgehead atoms. The van der Waals surface area contributed by atoms with Crippen LogP contribution in [0.2, 0.25) is 0 Å². The minimum Gasteiger partial charge on any atom is -0.267 e. The number of aryl methyl sites for hydroxylation is 1. The molecule has 0 saturated carbocycles. The van der Waals surface area contributed by atoms with Crippen LogP contribution in [0.1, 0.15) is 31.4 Å². The normalized spacial score (nSPS) is 10.4. The Morgan fingerprint density at radius 1 is 1.07 bits per heavy atom. The van der Waals surface area contributed by atoms with Crippen LogP contribution in [0.4, 0.5) is 0 Å². The number of rotatable bonds is 5. The van der Waals surface area contributed by atoms with Gasteiger partial charge in [0.15, 0.2) is 0 Å². The van der Waals surface area contributed by atoms with Crippen molar-refractivity contribution in [1.82, 2.24) is 15.8 Å². The van der Waals surface area contributed by atoms with Gasteiger partial charge in [-0.25, -0.2) is 4.98 Å². The SMILES string of the molecule is Cc1nc(CSc2ccc(C(=O)NNC(=O)c3ccccc3Br)cc2)cs1. The van der Waals surface area contributed by atoms with E-state index in [4.69, 9.17) is 0 Å². The van der Waals surface area contributed by atoms with Gasteiger partial charge in [0.25, 0.3) is 11.8 Å². The maximum absolute atomic E-state index is 12.2. The fourth-order valence-corrected chi connectivity index (χ4v) is 4.21. The third-order valence-corrected chi connectivity index (χ3v) is 6.14. The first-order chi connectivity index (χ1) is 13.0. The summed E-state index contributed by atoms with van der Waals surface area (Å²) in [4.78, 5) is 29.8. The number of hydrazine groups is 1. The highest BCUT2D eigenvalue weighted by Gasteiger charge is 2.11. The van der Waals surface area contributed by atoms with Crippen molar-refractivity contribution in [2.24, 2.45) is 0 Å². The molecule has 1 heterocycles. The van der Waals surface area contributed by atoms with Gasteiger partial charge in [-0.1, -0.05) is 12.1 Å². The third kappa shape index (κ3) is 5.41. The lowest BCUT2D eigenvalue weighted by Gasteiger charge is -2.09. The molecule has 0 spiro atoms. The average Bonchev–Trinajstić information content (AvgIpc) is 3.10. The number of thiazole rings is 1. The Morgan fingerprint density at radius 2 is 1.78 bits per heavy atom. The maximum atomic E-state index is 12.2. The molecular weight excluding hydrogens is 446 g/mol. The molecule has 27 heavy (non-hydrogen) atoms. The summed E-state index contributed by atoms with van der Waals surface area (Å²) in [7, 11) is 0. The number of benzene rings is 2. The molecule has 0 unspecified atom stereocenters. The largest absolute Gasteiger partial charge is 0.270 e. The second-order valence-electron chi connectivity index (χ2n) is 5.56. The number of nitrogens with one attached hydrogen (secondary N) is 2. The van der Waals surface area contributed by atoms with Gasteiger partial charge >= 0.3 is 0 Å². The summed E-state index contributed by atoms with van der Waals surface area (Å²) in [6.07, 6.45) is 0. The van der Waals surface area contributed by atoms with Crippen LogP contribution in [0, 0.1) is 6.92 Å². The molecular formula is C19H16BrN3O2S2. The van der Waals surface area contributed by atoms with E-state index in [1.165, 1.54) is 0 Å². The number of carbonyl (C=O) groups excluding carboxylic acids is 2. The molecule has 3 aromatic rings. The topological polar surface area (TPSA) is 71.1 Å². The highest BCUT2D eigenvalue weighted by Crippen LogP contribution is 2.23. The number of aromatic nitrogens is 1. The number of thioether (sulfide) groups is 1. The Hall–Kier alpha value is -2.16. The van der Waals surface area contributed by atoms with Crippen LogP contribution in [-0.2, 0) is 5.75 Å². The molecule has 8 heteroatoms. The van der Waals surface area contributed by atoms with Gasteiger partial charge in [0.1, 0.15) is 0 Å². The molecule has 0 saturated heterocycles. The first-order valence-electron chi connectivity index (χ1n) is 8.02. The lowest BCUT2D eigenvalue weighted by Crippen LogP contribution is -2.41. The van der Waals surface area contributed by atoms with E-state index in [1.54, 1.807) is 53.4 Å². The highest BCUT2D eigenvalue weighted by atomic mass is 79.9. The summed E-state index contributed by atoms with van der Waals surface area (Å²) < 4.78 is 0.661. The van der Waals surface area contributed by atoms with E-state index < -0.39 is 0 Å². The zero-order valence-corrected chi connectivity index (χ0v) is 17.6. The minimum atomic E-state index is -0.387. The van der Waals surface area contributed by atoms with Gasteiger partial charge in [0.05, 0.1) is 16.3 Å². The number of carbonyl (C=O) groups is 2. The molecule has 0 radical (unpaired) electrons. The van der Waals surface area contributed by atoms with Crippen molar-refractivity contribution in [2.45, 2.75) is 17.6 Å². The Labute approximate surface area is 173 Å². The first-order valence-corrected chi connectivity index (χ1v) is 10.7. The quantitative estimate of drug-likeness (QED) is 0.430. The second kappa shape index (κ2) is 9.16. The second-order valence-corrected chi connectivity index (χ2v) is 8.52. The van der Waals surface area contributed by atoms with Crippen molar-refractivity contribution in [3.63, 3.8) is 0 Å². The summed E-state index contributed by atoms with van der Waals surface area (Å²) in [6.45, 7) is 1.99. The fourth-order valence-electron chi connectivity index (χ4n) is 2.23. The van der Waals surface area contributed by atoms with E-state index in [0.717, 1.165) is 21.3 Å². The molecule has 0 atom stereocenters. The Kier molecular flexibility index (Phi) is 6.65. The van der Waals surface area contributed by atoms with Crippen molar-refractivity contribution in [1.29, 1.82) is 0 Å². The van der Waals surface area contributed by atoms with E-state index in [-0.39, 0.29) is 11.8 Å². The van der Waals surface area contributed by atoms with Crippen LogP contribution in [0.5, 0.6) is 0 Å². The Bertz CT molecular complexity index is 958. The molecule has 2 amide bonds. The molecule has 138 valence electrons. The average molecular weight is 462 g/mol. The van der Waals surface area contributed by atoms with Crippen LogP contribution >= 0.6 is 39.0 Å². The van der Waals surface area contributed by atoms with E-state index in [1.807, 2.05) is 25.1 Å². The van der Waals surface area contributed by atoms with Crippen molar-refractivity contribution in [3.05, 3.63) is 80.2 Å². The van der Waals surface area contributed by atoms with Crippen LogP contribution in [0.25, 0.3) is 0 Å². The van der Waals surface area contributed by atoms with E-state index >= 15 is 0 Å². The molecule has 2 aromatic carbocycles. The van der Waals surface area contributed by atoms with Gasteiger partial charge in [-0.3, -0.25) is 20.4 Å². The summed E-state index contributed by atoms with van der Waals surface area (Å²) in [5.74, 6) is 0.0291. The predicted molar refractivity (Wildman–Crippen MR) is 112 cm³/mol. The molecule has 5 nitrogen and oxygen atoms in total. The van der Waals surface area contributed by atoms with Crippen molar-refractivity contribution in [2.75, 3.05) is 0 Å². The van der Waals surface area contributed by atoms with Gasteiger partial charge in [-0.05, 0) is 59.3 Å². The van der Waals surface area contributed by atoms with Gasteiger partial charge < -0.3 is 0 Å². The summed E-state index contributed by atoms with van der Waals surface area (Å²) in [5.41, 5.74) is 6.82. The van der Waals surface area contributed by atoms with Gasteiger partial charge in [0, 0.05) is 26.1 Å². The number of amides is 2. The molecule has 0 fully saturated rings. The van der Waals surface area contributed by atoms with Crippen LogP contribution < -0.4 is 10.9 Å². The van der Waals surface area contributed by atoms with Crippen molar-refractivity contribution >= 4 is 50.8 Å². The van der Waals surface area contributed by atoms with Gasteiger partial charge in [0.2, 0.25) is 0 Å². The van der Waals surface area contributed by atoms with E-state index in [9.17, 15) is 9.59 Å².